The molecule has 0 N–H and O–H groups in total. The first-order chi connectivity index (χ1) is 21.9. The number of fused-ring (bicyclic) bond motifs is 3. The number of nitro benzene ring substituents is 1. The quantitative estimate of drug-likeness (QED) is 0.143. The molecule has 0 fully saturated rings. The summed E-state index contributed by atoms with van der Waals surface area (Å²) in [7, 11) is 1.64. The Labute approximate surface area is 270 Å². The van der Waals surface area contributed by atoms with Crippen LogP contribution in [0.4, 0.5) is 5.69 Å². The molecule has 2 heterocycles. The lowest BCUT2D eigenvalue weighted by molar-refractivity contribution is -0.384. The van der Waals surface area contributed by atoms with Gasteiger partial charge in [0.15, 0.2) is 4.80 Å². The van der Waals surface area contributed by atoms with Gasteiger partial charge in [0.2, 0.25) is 0 Å². The molecule has 224 valence electrons. The maximum atomic E-state index is 14.3. The summed E-state index contributed by atoms with van der Waals surface area (Å²) in [4.78, 5) is 30.6. The van der Waals surface area contributed by atoms with Crippen molar-refractivity contribution in [2.45, 2.75) is 25.5 Å². The Bertz CT molecular complexity index is 2190. The van der Waals surface area contributed by atoms with E-state index in [4.69, 9.17) is 14.5 Å². The highest BCUT2D eigenvalue weighted by atomic mass is 79.9. The topological polar surface area (TPSA) is 96.0 Å². The van der Waals surface area contributed by atoms with Crippen LogP contribution in [0.1, 0.15) is 40.3 Å². The molecule has 0 saturated carbocycles. The van der Waals surface area contributed by atoms with Crippen molar-refractivity contribution in [3.63, 3.8) is 0 Å². The number of thiazole rings is 1. The van der Waals surface area contributed by atoms with E-state index in [9.17, 15) is 14.9 Å². The van der Waals surface area contributed by atoms with Crippen LogP contribution in [0.3, 0.4) is 0 Å². The highest BCUT2D eigenvalue weighted by Gasteiger charge is 2.32. The summed E-state index contributed by atoms with van der Waals surface area (Å²) in [6.07, 6.45) is 3.52. The average Bonchev–Trinajstić information content (AvgIpc) is 3.37. The zero-order chi connectivity index (χ0) is 31.1. The van der Waals surface area contributed by atoms with Crippen molar-refractivity contribution in [3.05, 3.63) is 159 Å². The molecule has 0 amide bonds. The second kappa shape index (κ2) is 11.9. The number of methoxy groups -OCH3 is 1. The van der Waals surface area contributed by atoms with Crippen molar-refractivity contribution in [2.75, 3.05) is 7.11 Å². The number of rotatable bonds is 7. The van der Waals surface area contributed by atoms with Crippen LogP contribution in [0.5, 0.6) is 11.5 Å². The number of nitrogens with zero attached hydrogens (tertiary/aromatic N) is 3. The van der Waals surface area contributed by atoms with Crippen LogP contribution in [0.15, 0.2) is 111 Å². The maximum absolute atomic E-state index is 14.3. The van der Waals surface area contributed by atoms with E-state index in [0.29, 0.717) is 15.1 Å². The fourth-order valence-electron chi connectivity index (χ4n) is 5.91. The lowest BCUT2D eigenvalue weighted by Gasteiger charge is -2.31. The van der Waals surface area contributed by atoms with Crippen molar-refractivity contribution >= 4 is 44.7 Å². The lowest BCUT2D eigenvalue weighted by Crippen LogP contribution is -2.38. The van der Waals surface area contributed by atoms with Gasteiger partial charge in [0.05, 0.1) is 28.3 Å². The van der Waals surface area contributed by atoms with Crippen molar-refractivity contribution < 1.29 is 14.4 Å². The third-order valence-corrected chi connectivity index (χ3v) is 9.56. The number of benzene rings is 4. The molecule has 45 heavy (non-hydrogen) atoms. The average molecular weight is 681 g/mol. The molecule has 1 aliphatic carbocycles. The number of nitro groups is 1. The molecular weight excluding hydrogens is 654 g/mol. The Morgan fingerprint density at radius 3 is 2.67 bits per heavy atom. The zero-order valence-corrected chi connectivity index (χ0v) is 26.5. The molecule has 8 nitrogen and oxygen atoms in total. The monoisotopic (exact) mass is 679 g/mol. The van der Waals surface area contributed by atoms with Gasteiger partial charge >= 0.3 is 0 Å². The van der Waals surface area contributed by atoms with E-state index in [2.05, 4.69) is 34.1 Å². The van der Waals surface area contributed by atoms with Crippen LogP contribution in [-0.2, 0) is 13.0 Å². The zero-order valence-electron chi connectivity index (χ0n) is 24.1. The Hall–Kier alpha value is -4.80. The summed E-state index contributed by atoms with van der Waals surface area (Å²) >= 11 is 4.91. The minimum atomic E-state index is -0.429. The van der Waals surface area contributed by atoms with Gasteiger partial charge in [-0.2, -0.15) is 0 Å². The van der Waals surface area contributed by atoms with Crippen LogP contribution < -0.4 is 24.4 Å². The fourth-order valence-corrected chi connectivity index (χ4v) is 7.28. The molecule has 1 aliphatic heterocycles. The Balaban J connectivity index is 1.34. The standard InChI is InChI=1S/C35H26BrN3O5S/c1-43-27-7-4-6-23(18-27)33-29-15-11-22-5-2-3-8-28(22)32(29)37-35-38(33)34(40)31(45-35)19-24-17-25(36)12-16-30(24)44-20-21-9-13-26(14-10-21)39(41)42/h2-10,12-14,16-19,33H,11,15,20H2,1H3/b31-19+/t33-/m0/s1. The second-order valence-corrected chi connectivity index (χ2v) is 12.7. The number of ether oxygens (including phenoxy) is 2. The van der Waals surface area contributed by atoms with Crippen LogP contribution in [0.25, 0.3) is 11.8 Å². The number of hydrogen-bond acceptors (Lipinski definition) is 7. The predicted octanol–water partition coefficient (Wildman–Crippen LogP) is 6.58. The first kappa shape index (κ1) is 28.9. The summed E-state index contributed by atoms with van der Waals surface area (Å²) in [5, 5.41) is 11.0. The van der Waals surface area contributed by atoms with E-state index < -0.39 is 4.92 Å². The smallest absolute Gasteiger partial charge is 0.271 e. The van der Waals surface area contributed by atoms with Crippen molar-refractivity contribution in [2.24, 2.45) is 4.99 Å². The number of hydrogen-bond donors (Lipinski definition) is 0. The van der Waals surface area contributed by atoms with Gasteiger partial charge in [-0.05, 0) is 83.6 Å². The minimum Gasteiger partial charge on any atom is -0.497 e. The summed E-state index contributed by atoms with van der Waals surface area (Å²) in [6, 6.07) is 27.8. The molecule has 5 aromatic rings. The number of aryl methyl sites for hydroxylation is 1. The highest BCUT2D eigenvalue weighted by Crippen LogP contribution is 2.41. The molecular formula is C35H26BrN3O5S. The molecule has 0 saturated heterocycles. The number of allylic oxidation sites excluding steroid dienone is 1. The summed E-state index contributed by atoms with van der Waals surface area (Å²) in [5.41, 5.74) is 6.81. The second-order valence-electron chi connectivity index (χ2n) is 10.8. The summed E-state index contributed by atoms with van der Waals surface area (Å²) in [5.74, 6) is 1.31. The normalized spacial score (nSPS) is 15.5. The molecule has 0 unspecified atom stereocenters. The molecule has 0 bridgehead atoms. The molecule has 4 aromatic carbocycles. The lowest BCUT2D eigenvalue weighted by atomic mass is 9.83. The first-order valence-corrected chi connectivity index (χ1v) is 15.9. The molecule has 7 rings (SSSR count). The SMILES string of the molecule is COc1cccc([C@H]2C3=C(N=c4s/c(=C/c5cc(Br)ccc5OCc5ccc([N+](=O)[O-])cc5)c(=O)n42)c2ccccc2CC3)c1. The fraction of sp³-hybridized carbons (Fsp3) is 0.143. The van der Waals surface area contributed by atoms with E-state index in [0.717, 1.165) is 56.6 Å². The Morgan fingerprint density at radius 2 is 1.87 bits per heavy atom. The van der Waals surface area contributed by atoms with E-state index >= 15 is 0 Å². The van der Waals surface area contributed by atoms with Crippen LogP contribution in [0.2, 0.25) is 0 Å². The minimum absolute atomic E-state index is 0.0240. The molecule has 1 aromatic heterocycles. The van der Waals surface area contributed by atoms with Gasteiger partial charge in [-0.25, -0.2) is 4.99 Å². The van der Waals surface area contributed by atoms with Gasteiger partial charge in [-0.15, -0.1) is 0 Å². The molecule has 0 spiro atoms. The van der Waals surface area contributed by atoms with Gasteiger partial charge in [0.25, 0.3) is 11.2 Å². The van der Waals surface area contributed by atoms with Gasteiger partial charge < -0.3 is 9.47 Å². The van der Waals surface area contributed by atoms with E-state index in [1.165, 1.54) is 29.0 Å². The van der Waals surface area contributed by atoms with Gasteiger partial charge in [0, 0.05) is 27.7 Å². The van der Waals surface area contributed by atoms with Gasteiger partial charge in [0.1, 0.15) is 18.1 Å². The molecule has 0 radical (unpaired) electrons. The largest absolute Gasteiger partial charge is 0.497 e. The Morgan fingerprint density at radius 1 is 1.04 bits per heavy atom. The molecule has 2 aliphatic rings. The summed E-state index contributed by atoms with van der Waals surface area (Å²) < 4.78 is 14.9. The van der Waals surface area contributed by atoms with Crippen LogP contribution >= 0.6 is 27.3 Å². The van der Waals surface area contributed by atoms with Crippen LogP contribution in [-0.4, -0.2) is 16.6 Å². The third-order valence-electron chi connectivity index (χ3n) is 8.08. The van der Waals surface area contributed by atoms with Gasteiger partial charge in [-0.3, -0.25) is 19.5 Å². The van der Waals surface area contributed by atoms with Crippen molar-refractivity contribution in [3.8, 4) is 11.5 Å². The number of aromatic nitrogens is 1. The van der Waals surface area contributed by atoms with Crippen LogP contribution in [0, 0.1) is 10.1 Å². The molecule has 1 atom stereocenters. The Kier molecular flexibility index (Phi) is 7.68. The van der Waals surface area contributed by atoms with E-state index in [-0.39, 0.29) is 23.9 Å². The van der Waals surface area contributed by atoms with Crippen molar-refractivity contribution in [1.82, 2.24) is 4.57 Å². The van der Waals surface area contributed by atoms with E-state index in [1.807, 2.05) is 59.2 Å². The number of halogens is 1. The number of non-ortho nitro benzene ring substituents is 1. The predicted molar refractivity (Wildman–Crippen MR) is 177 cm³/mol. The van der Waals surface area contributed by atoms with E-state index in [1.54, 1.807) is 19.2 Å². The van der Waals surface area contributed by atoms with Crippen molar-refractivity contribution in [1.29, 1.82) is 0 Å². The maximum Gasteiger partial charge on any atom is 0.271 e. The van der Waals surface area contributed by atoms with Gasteiger partial charge in [-0.1, -0.05) is 63.7 Å². The summed E-state index contributed by atoms with van der Waals surface area (Å²) in [6.45, 7) is 0.212. The first-order valence-electron chi connectivity index (χ1n) is 14.3. The highest BCUT2D eigenvalue weighted by molar-refractivity contribution is 9.10. The molecule has 10 heteroatoms. The third kappa shape index (κ3) is 5.51.